The smallest absolute Gasteiger partial charge is 0.232 e. The molecule has 0 saturated heterocycles. The maximum Gasteiger partial charge on any atom is 0.232 e. The van der Waals surface area contributed by atoms with Gasteiger partial charge in [0.05, 0.1) is 24.0 Å². The highest BCUT2D eigenvalue weighted by Crippen LogP contribution is 2.25. The van der Waals surface area contributed by atoms with E-state index in [1.165, 1.54) is 10.6 Å². The van der Waals surface area contributed by atoms with E-state index in [0.717, 1.165) is 22.2 Å². The maximum absolute atomic E-state index is 11.4. The number of nitrogens with one attached hydrogen (secondary N) is 1. The standard InChI is InChI=1S/C13H13N3O2S/c1-19(17,18)16-8-6-10(7-9-16)13-11-4-2-3-5-12(11)14-15-13/h2-8H,9H2,1H3,(H,14,15). The molecule has 0 atom stereocenters. The van der Waals surface area contributed by atoms with Gasteiger partial charge in [0.2, 0.25) is 10.0 Å². The quantitative estimate of drug-likeness (QED) is 0.907. The number of rotatable bonds is 2. The fourth-order valence-corrected chi connectivity index (χ4v) is 2.71. The van der Waals surface area contributed by atoms with E-state index in [4.69, 9.17) is 0 Å². The Morgan fingerprint density at radius 3 is 2.79 bits per heavy atom. The first kappa shape index (κ1) is 12.0. The number of nitrogens with zero attached hydrogens (tertiary/aromatic N) is 2. The summed E-state index contributed by atoms with van der Waals surface area (Å²) in [6.45, 7) is 0.339. The van der Waals surface area contributed by atoms with Gasteiger partial charge in [0.1, 0.15) is 0 Å². The lowest BCUT2D eigenvalue weighted by Gasteiger charge is -2.19. The van der Waals surface area contributed by atoms with Gasteiger partial charge in [0, 0.05) is 17.2 Å². The van der Waals surface area contributed by atoms with Crippen molar-refractivity contribution < 1.29 is 8.42 Å². The molecule has 3 rings (SSSR count). The van der Waals surface area contributed by atoms with Crippen LogP contribution in [0.1, 0.15) is 5.69 Å². The lowest BCUT2D eigenvalue weighted by atomic mass is 10.1. The van der Waals surface area contributed by atoms with Crippen molar-refractivity contribution >= 4 is 26.5 Å². The molecular weight excluding hydrogens is 262 g/mol. The van der Waals surface area contributed by atoms with E-state index < -0.39 is 10.0 Å². The third-order valence-electron chi connectivity index (χ3n) is 3.08. The summed E-state index contributed by atoms with van der Waals surface area (Å²) >= 11 is 0. The number of aromatic nitrogens is 2. The first-order valence-electron chi connectivity index (χ1n) is 5.84. The summed E-state index contributed by atoms with van der Waals surface area (Å²) in [5.41, 5.74) is 2.75. The highest BCUT2D eigenvalue weighted by atomic mass is 32.2. The molecule has 0 fully saturated rings. The minimum atomic E-state index is -3.19. The van der Waals surface area contributed by atoms with Gasteiger partial charge >= 0.3 is 0 Å². The lowest BCUT2D eigenvalue weighted by molar-refractivity contribution is 0.527. The average molecular weight is 275 g/mol. The first-order valence-corrected chi connectivity index (χ1v) is 7.69. The summed E-state index contributed by atoms with van der Waals surface area (Å²) < 4.78 is 24.1. The Balaban J connectivity index is 1.98. The number of hydrogen-bond donors (Lipinski definition) is 1. The molecule has 1 aliphatic heterocycles. The predicted molar refractivity (Wildman–Crippen MR) is 74.8 cm³/mol. The fourth-order valence-electron chi connectivity index (χ4n) is 2.09. The van der Waals surface area contributed by atoms with Crippen molar-refractivity contribution in [2.75, 3.05) is 12.8 Å². The molecular formula is C13H13N3O2S. The van der Waals surface area contributed by atoms with E-state index in [1.54, 1.807) is 12.3 Å². The highest BCUT2D eigenvalue weighted by molar-refractivity contribution is 7.88. The van der Waals surface area contributed by atoms with E-state index in [9.17, 15) is 8.42 Å². The van der Waals surface area contributed by atoms with Gasteiger partial charge in [-0.3, -0.25) is 9.40 Å². The maximum atomic E-state index is 11.4. The highest BCUT2D eigenvalue weighted by Gasteiger charge is 2.16. The van der Waals surface area contributed by atoms with Crippen LogP contribution in [0.3, 0.4) is 0 Å². The Morgan fingerprint density at radius 1 is 1.32 bits per heavy atom. The minimum Gasteiger partial charge on any atom is -0.277 e. The molecule has 5 nitrogen and oxygen atoms in total. The zero-order valence-corrected chi connectivity index (χ0v) is 11.2. The Hall–Kier alpha value is -2.08. The largest absolute Gasteiger partial charge is 0.277 e. The van der Waals surface area contributed by atoms with Crippen molar-refractivity contribution in [1.29, 1.82) is 0 Å². The molecule has 0 saturated carbocycles. The predicted octanol–water partition coefficient (Wildman–Crippen LogP) is 1.74. The van der Waals surface area contributed by atoms with Gasteiger partial charge in [-0.25, -0.2) is 8.42 Å². The van der Waals surface area contributed by atoms with Crippen molar-refractivity contribution in [2.24, 2.45) is 0 Å². The van der Waals surface area contributed by atoms with Crippen LogP contribution in [0.15, 0.2) is 42.6 Å². The Morgan fingerprint density at radius 2 is 2.11 bits per heavy atom. The number of sulfonamides is 1. The zero-order chi connectivity index (χ0) is 13.5. The molecule has 1 aromatic carbocycles. The van der Waals surface area contributed by atoms with Gasteiger partial charge in [-0.15, -0.1) is 0 Å². The van der Waals surface area contributed by atoms with Gasteiger partial charge < -0.3 is 0 Å². The number of hydrogen-bond acceptors (Lipinski definition) is 3. The molecule has 19 heavy (non-hydrogen) atoms. The van der Waals surface area contributed by atoms with Crippen molar-refractivity contribution in [3.63, 3.8) is 0 Å². The van der Waals surface area contributed by atoms with Gasteiger partial charge in [0.15, 0.2) is 0 Å². The Kier molecular flexibility index (Phi) is 2.67. The fraction of sp³-hybridized carbons (Fsp3) is 0.154. The molecule has 0 unspecified atom stereocenters. The molecule has 1 aliphatic rings. The molecule has 0 aliphatic carbocycles. The van der Waals surface area contributed by atoms with Gasteiger partial charge in [-0.05, 0) is 12.1 Å². The molecule has 1 N–H and O–H groups in total. The van der Waals surface area contributed by atoms with Crippen LogP contribution in [-0.4, -0.2) is 35.7 Å². The lowest BCUT2D eigenvalue weighted by Crippen LogP contribution is -2.26. The van der Waals surface area contributed by atoms with Crippen molar-refractivity contribution in [3.05, 3.63) is 48.3 Å². The SMILES string of the molecule is CS(=O)(=O)N1C=CC(c2n[nH]c3ccccc23)=CC1. The summed E-state index contributed by atoms with van der Waals surface area (Å²) in [6.07, 6.45) is 6.41. The monoisotopic (exact) mass is 275 g/mol. The van der Waals surface area contributed by atoms with E-state index >= 15 is 0 Å². The van der Waals surface area contributed by atoms with Crippen LogP contribution in [0.4, 0.5) is 0 Å². The topological polar surface area (TPSA) is 66.1 Å². The van der Waals surface area contributed by atoms with Crippen LogP contribution in [0.25, 0.3) is 16.5 Å². The van der Waals surface area contributed by atoms with Crippen LogP contribution < -0.4 is 0 Å². The summed E-state index contributed by atoms with van der Waals surface area (Å²) in [7, 11) is -3.19. The van der Waals surface area contributed by atoms with E-state index in [-0.39, 0.29) is 0 Å². The molecule has 2 aromatic rings. The van der Waals surface area contributed by atoms with E-state index in [0.29, 0.717) is 6.54 Å². The summed E-state index contributed by atoms with van der Waals surface area (Å²) in [4.78, 5) is 0. The van der Waals surface area contributed by atoms with Crippen LogP contribution in [0.2, 0.25) is 0 Å². The normalized spacial score (nSPS) is 15.8. The van der Waals surface area contributed by atoms with E-state index in [1.807, 2.05) is 30.3 Å². The molecule has 2 heterocycles. The second-order valence-corrected chi connectivity index (χ2v) is 6.36. The van der Waals surface area contributed by atoms with Gasteiger partial charge in [-0.1, -0.05) is 24.3 Å². The third-order valence-corrected chi connectivity index (χ3v) is 4.20. The summed E-state index contributed by atoms with van der Waals surface area (Å²) in [5, 5.41) is 8.30. The minimum absolute atomic E-state index is 0.339. The second kappa shape index (κ2) is 4.24. The Labute approximate surface area is 111 Å². The van der Waals surface area contributed by atoms with Gasteiger partial charge in [0.25, 0.3) is 0 Å². The van der Waals surface area contributed by atoms with E-state index in [2.05, 4.69) is 10.2 Å². The Bertz CT molecular complexity index is 787. The number of allylic oxidation sites excluding steroid dienone is 2. The molecule has 0 amide bonds. The molecule has 0 bridgehead atoms. The van der Waals surface area contributed by atoms with Crippen LogP contribution in [0.5, 0.6) is 0 Å². The van der Waals surface area contributed by atoms with Crippen molar-refractivity contribution in [1.82, 2.24) is 14.5 Å². The number of benzene rings is 1. The van der Waals surface area contributed by atoms with Crippen LogP contribution in [-0.2, 0) is 10.0 Å². The summed E-state index contributed by atoms with van der Waals surface area (Å²) in [6, 6.07) is 7.85. The average Bonchev–Trinajstić information content (AvgIpc) is 2.82. The number of aromatic amines is 1. The second-order valence-electron chi connectivity index (χ2n) is 4.43. The third kappa shape index (κ3) is 2.15. The first-order chi connectivity index (χ1) is 9.05. The van der Waals surface area contributed by atoms with Crippen molar-refractivity contribution in [3.8, 4) is 0 Å². The number of fused-ring (bicyclic) bond motifs is 1. The molecule has 0 spiro atoms. The zero-order valence-electron chi connectivity index (χ0n) is 10.4. The van der Waals surface area contributed by atoms with Crippen LogP contribution >= 0.6 is 0 Å². The van der Waals surface area contributed by atoms with Gasteiger partial charge in [-0.2, -0.15) is 5.10 Å². The molecule has 0 radical (unpaired) electrons. The molecule has 1 aromatic heterocycles. The van der Waals surface area contributed by atoms with Crippen LogP contribution in [0, 0.1) is 0 Å². The number of H-pyrrole nitrogens is 1. The van der Waals surface area contributed by atoms with Crippen molar-refractivity contribution in [2.45, 2.75) is 0 Å². The molecule has 6 heteroatoms. The number of para-hydroxylation sites is 1. The molecule has 98 valence electrons. The summed E-state index contributed by atoms with van der Waals surface area (Å²) in [5.74, 6) is 0.